The van der Waals surface area contributed by atoms with Crippen LogP contribution >= 0.6 is 0 Å². The Morgan fingerprint density at radius 1 is 1.35 bits per heavy atom. The monoisotopic (exact) mass is 276 g/mol. The van der Waals surface area contributed by atoms with Gasteiger partial charge in [-0.1, -0.05) is 12.1 Å². The fourth-order valence-corrected chi connectivity index (χ4v) is 2.68. The SMILES string of the molecule is O=C1CC(C2CCOCC2)=NN1Cc1cccc(F)c1. The highest BCUT2D eigenvalue weighted by Crippen LogP contribution is 2.24. The lowest BCUT2D eigenvalue weighted by Crippen LogP contribution is -2.23. The first-order valence-electron chi connectivity index (χ1n) is 6.92. The summed E-state index contributed by atoms with van der Waals surface area (Å²) in [5.74, 6) is 0.0590. The van der Waals surface area contributed by atoms with E-state index in [4.69, 9.17) is 4.74 Å². The number of carbonyl (C=O) groups excluding carboxylic acids is 1. The van der Waals surface area contributed by atoms with Crippen molar-refractivity contribution < 1.29 is 13.9 Å². The van der Waals surface area contributed by atoms with Gasteiger partial charge in [-0.25, -0.2) is 9.40 Å². The molecule has 106 valence electrons. The van der Waals surface area contributed by atoms with Crippen LogP contribution in [0.4, 0.5) is 4.39 Å². The van der Waals surface area contributed by atoms with Crippen LogP contribution < -0.4 is 0 Å². The van der Waals surface area contributed by atoms with Gasteiger partial charge in [0.1, 0.15) is 5.82 Å². The van der Waals surface area contributed by atoms with Crippen molar-refractivity contribution in [1.82, 2.24) is 5.01 Å². The Kier molecular flexibility index (Phi) is 3.78. The molecule has 5 heteroatoms. The van der Waals surface area contributed by atoms with E-state index in [0.29, 0.717) is 18.9 Å². The Morgan fingerprint density at radius 3 is 2.90 bits per heavy atom. The number of hydrogen-bond acceptors (Lipinski definition) is 3. The molecular formula is C15H17FN2O2. The Bertz CT molecular complexity index is 538. The average molecular weight is 276 g/mol. The zero-order valence-electron chi connectivity index (χ0n) is 11.2. The number of rotatable bonds is 3. The summed E-state index contributed by atoms with van der Waals surface area (Å²) in [5.41, 5.74) is 1.71. The molecule has 0 unspecified atom stereocenters. The van der Waals surface area contributed by atoms with Crippen LogP contribution in [0.3, 0.4) is 0 Å². The number of ether oxygens (including phenoxy) is 1. The van der Waals surface area contributed by atoms with Gasteiger partial charge in [-0.2, -0.15) is 5.10 Å². The molecule has 2 aliphatic heterocycles. The fourth-order valence-electron chi connectivity index (χ4n) is 2.68. The molecule has 0 saturated carbocycles. The molecule has 1 aromatic rings. The zero-order chi connectivity index (χ0) is 13.9. The quantitative estimate of drug-likeness (QED) is 0.850. The number of benzene rings is 1. The number of hydrazone groups is 1. The predicted molar refractivity (Wildman–Crippen MR) is 72.5 cm³/mol. The minimum Gasteiger partial charge on any atom is -0.381 e. The highest BCUT2D eigenvalue weighted by molar-refractivity contribution is 6.06. The first kappa shape index (κ1) is 13.2. The highest BCUT2D eigenvalue weighted by atomic mass is 19.1. The molecule has 0 aliphatic carbocycles. The van der Waals surface area contributed by atoms with E-state index in [1.54, 1.807) is 12.1 Å². The predicted octanol–water partition coefficient (Wildman–Crippen LogP) is 2.34. The van der Waals surface area contributed by atoms with Gasteiger partial charge in [0.25, 0.3) is 0 Å². The van der Waals surface area contributed by atoms with Gasteiger partial charge in [0.15, 0.2) is 0 Å². The van der Waals surface area contributed by atoms with Crippen LogP contribution in [0.5, 0.6) is 0 Å². The van der Waals surface area contributed by atoms with Gasteiger partial charge in [0.2, 0.25) is 5.91 Å². The Balaban J connectivity index is 1.70. The van der Waals surface area contributed by atoms with Crippen molar-refractivity contribution in [2.75, 3.05) is 13.2 Å². The average Bonchev–Trinajstić information content (AvgIpc) is 2.81. The first-order chi connectivity index (χ1) is 9.72. The molecule has 0 N–H and O–H groups in total. The van der Waals surface area contributed by atoms with Crippen molar-refractivity contribution in [2.45, 2.75) is 25.8 Å². The molecule has 1 amide bonds. The minimum atomic E-state index is -0.289. The second-order valence-electron chi connectivity index (χ2n) is 5.24. The van der Waals surface area contributed by atoms with Crippen molar-refractivity contribution in [3.8, 4) is 0 Å². The third-order valence-corrected chi connectivity index (χ3v) is 3.78. The van der Waals surface area contributed by atoms with Crippen LogP contribution in [0.2, 0.25) is 0 Å². The first-order valence-corrected chi connectivity index (χ1v) is 6.92. The van der Waals surface area contributed by atoms with E-state index in [1.807, 2.05) is 0 Å². The van der Waals surface area contributed by atoms with Crippen molar-refractivity contribution >= 4 is 11.6 Å². The lowest BCUT2D eigenvalue weighted by Gasteiger charge is -2.21. The Labute approximate surface area is 117 Å². The standard InChI is InChI=1S/C15H17FN2O2/c16-13-3-1-2-11(8-13)10-18-15(19)9-14(17-18)12-4-6-20-7-5-12/h1-3,8,12H,4-7,9-10H2. The smallest absolute Gasteiger partial charge is 0.248 e. The molecule has 0 radical (unpaired) electrons. The summed E-state index contributed by atoms with van der Waals surface area (Å²) >= 11 is 0. The van der Waals surface area contributed by atoms with Gasteiger partial charge in [-0.3, -0.25) is 4.79 Å². The van der Waals surface area contributed by atoms with Gasteiger partial charge in [-0.15, -0.1) is 0 Å². The van der Waals surface area contributed by atoms with Crippen LogP contribution in [-0.2, 0) is 16.1 Å². The molecule has 1 fully saturated rings. The highest BCUT2D eigenvalue weighted by Gasteiger charge is 2.30. The van der Waals surface area contributed by atoms with E-state index in [2.05, 4.69) is 5.10 Å². The fraction of sp³-hybridized carbons (Fsp3) is 0.467. The maximum absolute atomic E-state index is 13.2. The minimum absolute atomic E-state index is 0.00393. The second-order valence-corrected chi connectivity index (χ2v) is 5.24. The number of carbonyl (C=O) groups is 1. The summed E-state index contributed by atoms with van der Waals surface area (Å²) in [4.78, 5) is 12.0. The summed E-state index contributed by atoms with van der Waals surface area (Å²) in [5, 5.41) is 5.90. The molecule has 2 heterocycles. The zero-order valence-corrected chi connectivity index (χ0v) is 11.2. The maximum atomic E-state index is 13.2. The summed E-state index contributed by atoms with van der Waals surface area (Å²) in [6.07, 6.45) is 2.25. The molecular weight excluding hydrogens is 259 g/mol. The lowest BCUT2D eigenvalue weighted by atomic mass is 9.93. The normalized spacial score (nSPS) is 20.4. The van der Waals surface area contributed by atoms with Gasteiger partial charge in [0.05, 0.1) is 18.7 Å². The van der Waals surface area contributed by atoms with Crippen LogP contribution in [0, 0.1) is 11.7 Å². The molecule has 1 aromatic carbocycles. The van der Waals surface area contributed by atoms with Gasteiger partial charge in [0, 0.05) is 19.1 Å². The topological polar surface area (TPSA) is 41.9 Å². The third kappa shape index (κ3) is 2.88. The molecule has 2 aliphatic rings. The van der Waals surface area contributed by atoms with Crippen LogP contribution in [0.25, 0.3) is 0 Å². The molecule has 0 atom stereocenters. The summed E-state index contributed by atoms with van der Waals surface area (Å²) in [6.45, 7) is 1.81. The van der Waals surface area contributed by atoms with Gasteiger partial charge >= 0.3 is 0 Å². The van der Waals surface area contributed by atoms with Crippen molar-refractivity contribution in [2.24, 2.45) is 11.0 Å². The van der Waals surface area contributed by atoms with Crippen molar-refractivity contribution in [3.05, 3.63) is 35.6 Å². The van der Waals surface area contributed by atoms with E-state index in [0.717, 1.165) is 37.3 Å². The molecule has 4 nitrogen and oxygen atoms in total. The molecule has 20 heavy (non-hydrogen) atoms. The second kappa shape index (κ2) is 5.71. The number of hydrogen-bond donors (Lipinski definition) is 0. The Morgan fingerprint density at radius 2 is 2.15 bits per heavy atom. The summed E-state index contributed by atoms with van der Waals surface area (Å²) in [7, 11) is 0. The van der Waals surface area contributed by atoms with Crippen molar-refractivity contribution in [1.29, 1.82) is 0 Å². The van der Waals surface area contributed by atoms with Crippen LogP contribution in [0.1, 0.15) is 24.8 Å². The maximum Gasteiger partial charge on any atom is 0.248 e. The number of amides is 1. The van der Waals surface area contributed by atoms with Crippen molar-refractivity contribution in [3.63, 3.8) is 0 Å². The summed E-state index contributed by atoms with van der Waals surface area (Å²) in [6, 6.07) is 6.29. The van der Waals surface area contributed by atoms with Gasteiger partial charge < -0.3 is 4.74 Å². The summed E-state index contributed by atoms with van der Waals surface area (Å²) < 4.78 is 18.5. The molecule has 1 saturated heterocycles. The molecule has 3 rings (SSSR count). The van der Waals surface area contributed by atoms with E-state index in [-0.39, 0.29) is 11.7 Å². The van der Waals surface area contributed by atoms with E-state index in [1.165, 1.54) is 17.1 Å². The Hall–Kier alpha value is -1.75. The van der Waals surface area contributed by atoms with E-state index < -0.39 is 0 Å². The molecule has 0 aromatic heterocycles. The van der Waals surface area contributed by atoms with Crippen LogP contribution in [0.15, 0.2) is 29.4 Å². The van der Waals surface area contributed by atoms with Gasteiger partial charge in [-0.05, 0) is 30.5 Å². The largest absolute Gasteiger partial charge is 0.381 e. The van der Waals surface area contributed by atoms with E-state index >= 15 is 0 Å². The lowest BCUT2D eigenvalue weighted by molar-refractivity contribution is -0.129. The molecule has 0 spiro atoms. The van der Waals surface area contributed by atoms with E-state index in [9.17, 15) is 9.18 Å². The number of nitrogens with zero attached hydrogens (tertiary/aromatic N) is 2. The molecule has 0 bridgehead atoms. The van der Waals surface area contributed by atoms with Crippen LogP contribution in [-0.4, -0.2) is 29.8 Å². The number of halogens is 1. The third-order valence-electron chi connectivity index (χ3n) is 3.78.